The lowest BCUT2D eigenvalue weighted by Crippen LogP contribution is -2.48. The Hall–Kier alpha value is -2.67. The predicted octanol–water partition coefficient (Wildman–Crippen LogP) is 3.82. The maximum absolute atomic E-state index is 12.5. The molecule has 0 radical (unpaired) electrons. The minimum Gasteiger partial charge on any atom is -0.491 e. The maximum atomic E-state index is 12.5. The van der Waals surface area contributed by atoms with Gasteiger partial charge in [0.05, 0.1) is 12.0 Å². The Morgan fingerprint density at radius 3 is 2.69 bits per heavy atom. The third kappa shape index (κ3) is 3.35. The Kier molecular flexibility index (Phi) is 4.46. The minimum atomic E-state index is 0.00919. The summed E-state index contributed by atoms with van der Waals surface area (Å²) in [6.07, 6.45) is 0.112. The van der Waals surface area contributed by atoms with Gasteiger partial charge in [-0.1, -0.05) is 5.16 Å². The monoisotopic (exact) mass is 369 g/mol. The Bertz CT molecular complexity index is 881. The normalized spacial score (nSPS) is 14.5. The molecule has 26 heavy (non-hydrogen) atoms. The van der Waals surface area contributed by atoms with Gasteiger partial charge in [0.15, 0.2) is 0 Å². The van der Waals surface area contributed by atoms with Crippen molar-refractivity contribution in [2.75, 3.05) is 13.1 Å². The zero-order chi connectivity index (χ0) is 18.1. The van der Waals surface area contributed by atoms with Crippen molar-refractivity contribution in [2.24, 2.45) is 0 Å². The van der Waals surface area contributed by atoms with Crippen LogP contribution in [0.1, 0.15) is 36.0 Å². The van der Waals surface area contributed by atoms with Gasteiger partial charge in [-0.05, 0) is 49.6 Å². The molecule has 4 rings (SSSR count). The summed E-state index contributed by atoms with van der Waals surface area (Å²) < 4.78 is 11.0. The number of ether oxygens (including phenoxy) is 1. The highest BCUT2D eigenvalue weighted by atomic mass is 32.1. The number of benzene rings is 1. The van der Waals surface area contributed by atoms with E-state index in [0.717, 1.165) is 11.3 Å². The summed E-state index contributed by atoms with van der Waals surface area (Å²) in [4.78, 5) is 18.8. The van der Waals surface area contributed by atoms with E-state index in [1.807, 2.05) is 42.8 Å². The molecule has 0 bridgehead atoms. The van der Waals surface area contributed by atoms with Crippen LogP contribution in [0.4, 0.5) is 0 Å². The first-order chi connectivity index (χ1) is 12.6. The number of carbonyl (C=O) groups is 1. The van der Waals surface area contributed by atoms with E-state index in [4.69, 9.17) is 9.26 Å². The fraction of sp³-hybridized carbons (Fsp3) is 0.316. The molecule has 6 nitrogen and oxygen atoms in total. The molecule has 7 heteroatoms. The summed E-state index contributed by atoms with van der Waals surface area (Å²) in [5.74, 6) is 2.07. The highest BCUT2D eigenvalue weighted by molar-refractivity contribution is 7.08. The summed E-state index contributed by atoms with van der Waals surface area (Å²) in [6.45, 7) is 5.13. The van der Waals surface area contributed by atoms with Crippen molar-refractivity contribution < 1.29 is 14.1 Å². The summed E-state index contributed by atoms with van der Waals surface area (Å²) >= 11 is 1.59. The molecule has 3 heterocycles. The summed E-state index contributed by atoms with van der Waals surface area (Å²) in [5, 5.41) is 7.99. The van der Waals surface area contributed by atoms with Crippen LogP contribution in [0.3, 0.4) is 0 Å². The van der Waals surface area contributed by atoms with E-state index in [1.165, 1.54) is 0 Å². The second kappa shape index (κ2) is 6.92. The Morgan fingerprint density at radius 2 is 2.04 bits per heavy atom. The van der Waals surface area contributed by atoms with Crippen LogP contribution in [-0.4, -0.2) is 40.1 Å². The number of hydrogen-bond acceptors (Lipinski definition) is 6. The number of aromatic nitrogens is 2. The quantitative estimate of drug-likeness (QED) is 0.684. The maximum Gasteiger partial charge on any atom is 0.253 e. The van der Waals surface area contributed by atoms with Crippen molar-refractivity contribution in [2.45, 2.75) is 25.9 Å². The molecule has 0 spiro atoms. The number of likely N-dealkylation sites (tertiary alicyclic amines) is 1. The lowest BCUT2D eigenvalue weighted by Gasteiger charge is -2.37. The summed E-state index contributed by atoms with van der Waals surface area (Å²) in [6, 6.07) is 9.22. The van der Waals surface area contributed by atoms with Crippen molar-refractivity contribution in [3.8, 4) is 17.1 Å². The van der Waals surface area contributed by atoms with Crippen LogP contribution in [0.25, 0.3) is 11.4 Å². The van der Waals surface area contributed by atoms with E-state index in [1.54, 1.807) is 28.4 Å². The summed E-state index contributed by atoms with van der Waals surface area (Å²) in [7, 11) is 0. The molecule has 2 aromatic heterocycles. The fourth-order valence-electron chi connectivity index (χ4n) is 2.84. The lowest BCUT2D eigenvalue weighted by molar-refractivity contribution is 0.0569. The second-order valence-electron chi connectivity index (χ2n) is 6.57. The molecule has 1 aliphatic heterocycles. The molecule has 0 unspecified atom stereocenters. The van der Waals surface area contributed by atoms with E-state index in [0.29, 0.717) is 30.4 Å². The standard InChI is InChI=1S/C19H19N3O3S/c1-12(2)24-16-5-3-13(4-6-16)19(23)22-9-15(10-22)18-20-17(21-25-18)14-7-8-26-11-14/h3-8,11-12,15H,9-10H2,1-2H3. The molecule has 1 fully saturated rings. The highest BCUT2D eigenvalue weighted by Gasteiger charge is 2.36. The van der Waals surface area contributed by atoms with Gasteiger partial charge in [-0.15, -0.1) is 0 Å². The zero-order valence-corrected chi connectivity index (χ0v) is 15.4. The molecule has 0 saturated carbocycles. The molecular weight excluding hydrogens is 350 g/mol. The molecule has 1 amide bonds. The van der Waals surface area contributed by atoms with E-state index < -0.39 is 0 Å². The van der Waals surface area contributed by atoms with Gasteiger partial charge >= 0.3 is 0 Å². The van der Waals surface area contributed by atoms with Crippen LogP contribution in [0.2, 0.25) is 0 Å². The molecular formula is C19H19N3O3S. The Balaban J connectivity index is 1.36. The van der Waals surface area contributed by atoms with Crippen molar-refractivity contribution in [3.63, 3.8) is 0 Å². The summed E-state index contributed by atoms with van der Waals surface area (Å²) in [5.41, 5.74) is 1.62. The molecule has 0 atom stereocenters. The van der Waals surface area contributed by atoms with Gasteiger partial charge in [0.1, 0.15) is 5.75 Å². The van der Waals surface area contributed by atoms with Gasteiger partial charge in [0, 0.05) is 29.6 Å². The van der Waals surface area contributed by atoms with E-state index in [2.05, 4.69) is 10.1 Å². The van der Waals surface area contributed by atoms with Crippen LogP contribution in [0.5, 0.6) is 5.75 Å². The Labute approximate surface area is 155 Å². The third-order valence-corrected chi connectivity index (χ3v) is 4.90. The Morgan fingerprint density at radius 1 is 1.27 bits per heavy atom. The predicted molar refractivity (Wildman–Crippen MR) is 98.5 cm³/mol. The number of amides is 1. The minimum absolute atomic E-state index is 0.00919. The van der Waals surface area contributed by atoms with Crippen LogP contribution in [0.15, 0.2) is 45.6 Å². The van der Waals surface area contributed by atoms with E-state index in [9.17, 15) is 4.79 Å². The topological polar surface area (TPSA) is 68.5 Å². The van der Waals surface area contributed by atoms with Gasteiger partial charge in [-0.25, -0.2) is 0 Å². The average Bonchev–Trinajstić information content (AvgIpc) is 3.25. The lowest BCUT2D eigenvalue weighted by atomic mass is 9.98. The average molecular weight is 369 g/mol. The molecule has 134 valence electrons. The van der Waals surface area contributed by atoms with Gasteiger partial charge in [-0.3, -0.25) is 4.79 Å². The molecule has 3 aromatic rings. The van der Waals surface area contributed by atoms with Crippen molar-refractivity contribution in [1.82, 2.24) is 15.0 Å². The van der Waals surface area contributed by atoms with Crippen molar-refractivity contribution in [3.05, 3.63) is 52.5 Å². The number of hydrogen-bond donors (Lipinski definition) is 0. The largest absolute Gasteiger partial charge is 0.491 e. The fourth-order valence-corrected chi connectivity index (χ4v) is 3.48. The van der Waals surface area contributed by atoms with Gasteiger partial charge in [0.2, 0.25) is 11.7 Å². The zero-order valence-electron chi connectivity index (χ0n) is 14.6. The van der Waals surface area contributed by atoms with Gasteiger partial charge in [0.25, 0.3) is 5.91 Å². The van der Waals surface area contributed by atoms with Crippen LogP contribution >= 0.6 is 11.3 Å². The number of rotatable bonds is 5. The van der Waals surface area contributed by atoms with E-state index >= 15 is 0 Å². The van der Waals surface area contributed by atoms with Crippen molar-refractivity contribution in [1.29, 1.82) is 0 Å². The van der Waals surface area contributed by atoms with Crippen LogP contribution in [0, 0.1) is 0 Å². The van der Waals surface area contributed by atoms with Crippen LogP contribution in [-0.2, 0) is 0 Å². The number of thiophene rings is 1. The smallest absolute Gasteiger partial charge is 0.253 e. The highest BCUT2D eigenvalue weighted by Crippen LogP contribution is 2.29. The molecule has 1 aromatic carbocycles. The second-order valence-corrected chi connectivity index (χ2v) is 7.35. The van der Waals surface area contributed by atoms with Crippen LogP contribution < -0.4 is 4.74 Å². The first-order valence-electron chi connectivity index (χ1n) is 8.52. The number of carbonyl (C=O) groups excluding carboxylic acids is 1. The number of nitrogens with zero attached hydrogens (tertiary/aromatic N) is 3. The molecule has 0 N–H and O–H groups in total. The van der Waals surface area contributed by atoms with E-state index in [-0.39, 0.29) is 17.9 Å². The first kappa shape index (κ1) is 16.8. The van der Waals surface area contributed by atoms with Crippen molar-refractivity contribution >= 4 is 17.2 Å². The SMILES string of the molecule is CC(C)Oc1ccc(C(=O)N2CC(c3nc(-c4ccsc4)no3)C2)cc1. The molecule has 0 aliphatic carbocycles. The van der Waals surface area contributed by atoms with Gasteiger partial charge < -0.3 is 14.2 Å². The third-order valence-electron chi connectivity index (χ3n) is 4.21. The first-order valence-corrected chi connectivity index (χ1v) is 9.46. The molecule has 1 aliphatic rings. The van der Waals surface area contributed by atoms with Gasteiger partial charge in [-0.2, -0.15) is 16.3 Å². The molecule has 1 saturated heterocycles.